The van der Waals surface area contributed by atoms with Crippen LogP contribution in [-0.4, -0.2) is 71.9 Å². The maximum atomic E-state index is 12.5. The van der Waals surface area contributed by atoms with E-state index in [2.05, 4.69) is 21.7 Å². The Morgan fingerprint density at radius 2 is 1.64 bits per heavy atom. The lowest BCUT2D eigenvalue weighted by Gasteiger charge is -2.49. The molecule has 1 aromatic carbocycles. The van der Waals surface area contributed by atoms with Crippen LogP contribution in [0.2, 0.25) is 0 Å². The number of hydrogen-bond donors (Lipinski definition) is 0. The number of ether oxygens (including phenoxy) is 2. The molecule has 2 aliphatic heterocycles. The first kappa shape index (κ1) is 28.1. The largest absolute Gasteiger partial charge is 0.573 e. The Labute approximate surface area is 211 Å². The zero-order valence-corrected chi connectivity index (χ0v) is 21.9. The summed E-state index contributed by atoms with van der Waals surface area (Å²) in [4.78, 5) is 22.1. The number of rotatable bonds is 6. The van der Waals surface area contributed by atoms with Gasteiger partial charge in [-0.15, -0.1) is 13.2 Å². The number of halogens is 3. The van der Waals surface area contributed by atoms with Crippen LogP contribution >= 0.6 is 0 Å². The second-order valence-corrected chi connectivity index (χ2v) is 10.7. The SMILES string of the molecule is CCO/N=C(\c1ccc(OC(F)(F)F)cc1)C1CCN(C2(C)CCN(C(=O)OC(C)(C)C)CC2)CC1. The molecule has 2 saturated heterocycles. The Hall–Kier alpha value is -2.49. The molecule has 3 rings (SSSR count). The van der Waals surface area contributed by atoms with E-state index >= 15 is 0 Å². The standard InChI is InChI=1S/C26H38F3N3O4/c1-6-34-30-22(19-7-9-21(10-8-19)35-26(27,28)29)20-11-15-32(16-12-20)25(5)13-17-31(18-14-25)23(33)36-24(2,3)4/h7-10,20H,6,11-18H2,1-5H3/b30-22+. The van der Waals surface area contributed by atoms with Crippen LogP contribution in [0.5, 0.6) is 5.75 Å². The highest BCUT2D eigenvalue weighted by Gasteiger charge is 2.40. The van der Waals surface area contributed by atoms with Crippen molar-refractivity contribution in [2.75, 3.05) is 32.8 Å². The second-order valence-electron chi connectivity index (χ2n) is 10.7. The summed E-state index contributed by atoms with van der Waals surface area (Å²) in [5.74, 6) is -0.130. The van der Waals surface area contributed by atoms with Crippen LogP contribution in [0.25, 0.3) is 0 Å². The van der Waals surface area contributed by atoms with Gasteiger partial charge in [0.05, 0.1) is 5.71 Å². The van der Waals surface area contributed by atoms with E-state index in [1.54, 1.807) is 17.0 Å². The molecular formula is C26H38F3N3O4. The fourth-order valence-corrected chi connectivity index (χ4v) is 4.83. The van der Waals surface area contributed by atoms with Crippen molar-refractivity contribution in [3.63, 3.8) is 0 Å². The van der Waals surface area contributed by atoms with Crippen LogP contribution < -0.4 is 4.74 Å². The van der Waals surface area contributed by atoms with E-state index in [0.717, 1.165) is 50.0 Å². The fourth-order valence-electron chi connectivity index (χ4n) is 4.83. The molecule has 0 spiro atoms. The van der Waals surface area contributed by atoms with Crippen molar-refractivity contribution in [2.45, 2.75) is 77.8 Å². The molecule has 2 aliphatic rings. The van der Waals surface area contributed by atoms with E-state index in [-0.39, 0.29) is 23.3 Å². The van der Waals surface area contributed by atoms with Gasteiger partial charge in [-0.1, -0.05) is 5.16 Å². The topological polar surface area (TPSA) is 63.6 Å². The number of likely N-dealkylation sites (tertiary alicyclic amines) is 2. The summed E-state index contributed by atoms with van der Waals surface area (Å²) in [6.07, 6.45) is -1.52. The van der Waals surface area contributed by atoms with Gasteiger partial charge in [-0.25, -0.2) is 4.79 Å². The summed E-state index contributed by atoms with van der Waals surface area (Å²) in [7, 11) is 0. The zero-order valence-electron chi connectivity index (χ0n) is 21.9. The summed E-state index contributed by atoms with van der Waals surface area (Å²) in [5, 5.41) is 4.33. The van der Waals surface area contributed by atoms with E-state index in [4.69, 9.17) is 9.57 Å². The van der Waals surface area contributed by atoms with Crippen LogP contribution in [0.1, 0.15) is 65.9 Å². The average Bonchev–Trinajstić information content (AvgIpc) is 2.79. The predicted octanol–water partition coefficient (Wildman–Crippen LogP) is 5.83. The number of benzene rings is 1. The Kier molecular flexibility index (Phi) is 8.80. The highest BCUT2D eigenvalue weighted by Crippen LogP contribution is 2.34. The van der Waals surface area contributed by atoms with Gasteiger partial charge in [-0.05, 0) is 103 Å². The van der Waals surface area contributed by atoms with Gasteiger partial charge in [-0.2, -0.15) is 0 Å². The molecule has 202 valence electrons. The number of oxime groups is 1. The maximum Gasteiger partial charge on any atom is 0.573 e. The maximum absolute atomic E-state index is 12.5. The van der Waals surface area contributed by atoms with Crippen LogP contribution in [0, 0.1) is 5.92 Å². The quantitative estimate of drug-likeness (QED) is 0.354. The van der Waals surface area contributed by atoms with Crippen molar-refractivity contribution in [1.82, 2.24) is 9.80 Å². The molecule has 0 radical (unpaired) electrons. The number of piperidine rings is 2. The van der Waals surface area contributed by atoms with Gasteiger partial charge < -0.3 is 19.2 Å². The van der Waals surface area contributed by atoms with Crippen molar-refractivity contribution in [3.05, 3.63) is 29.8 Å². The molecule has 0 N–H and O–H groups in total. The Balaban J connectivity index is 1.60. The Morgan fingerprint density at radius 1 is 1.06 bits per heavy atom. The molecule has 36 heavy (non-hydrogen) atoms. The van der Waals surface area contributed by atoms with Crippen molar-refractivity contribution in [2.24, 2.45) is 11.1 Å². The van der Waals surface area contributed by atoms with Crippen LogP contribution in [0.3, 0.4) is 0 Å². The van der Waals surface area contributed by atoms with Crippen molar-refractivity contribution in [1.29, 1.82) is 0 Å². The summed E-state index contributed by atoms with van der Waals surface area (Å²) in [5.41, 5.74) is 0.969. The molecule has 0 saturated carbocycles. The van der Waals surface area contributed by atoms with Crippen LogP contribution in [-0.2, 0) is 9.57 Å². The molecule has 0 aromatic heterocycles. The zero-order chi connectivity index (χ0) is 26.6. The van der Waals surface area contributed by atoms with E-state index in [9.17, 15) is 18.0 Å². The number of carbonyl (C=O) groups excluding carboxylic acids is 1. The lowest BCUT2D eigenvalue weighted by molar-refractivity contribution is -0.274. The molecule has 2 heterocycles. The first-order valence-electron chi connectivity index (χ1n) is 12.6. The number of alkyl halides is 3. The van der Waals surface area contributed by atoms with Gasteiger partial charge in [0, 0.05) is 24.5 Å². The molecule has 1 amide bonds. The highest BCUT2D eigenvalue weighted by molar-refractivity contribution is 6.02. The van der Waals surface area contributed by atoms with E-state index in [1.165, 1.54) is 12.1 Å². The normalized spacial score (nSPS) is 20.2. The third-order valence-corrected chi connectivity index (χ3v) is 6.81. The van der Waals surface area contributed by atoms with Crippen molar-refractivity contribution in [3.8, 4) is 5.75 Å². The predicted molar refractivity (Wildman–Crippen MR) is 131 cm³/mol. The van der Waals surface area contributed by atoms with Crippen molar-refractivity contribution >= 4 is 11.8 Å². The van der Waals surface area contributed by atoms with Crippen LogP contribution in [0.4, 0.5) is 18.0 Å². The molecule has 0 bridgehead atoms. The molecule has 7 nitrogen and oxygen atoms in total. The first-order chi connectivity index (χ1) is 16.8. The molecule has 10 heteroatoms. The molecule has 0 atom stereocenters. The summed E-state index contributed by atoms with van der Waals surface area (Å²) < 4.78 is 47.0. The molecule has 1 aromatic rings. The molecular weight excluding hydrogens is 475 g/mol. The van der Waals surface area contributed by atoms with E-state index in [0.29, 0.717) is 19.7 Å². The summed E-state index contributed by atoms with van der Waals surface area (Å²) in [6.45, 7) is 13.2. The van der Waals surface area contributed by atoms with Gasteiger partial charge in [0.1, 0.15) is 18.0 Å². The van der Waals surface area contributed by atoms with Gasteiger partial charge in [-0.3, -0.25) is 4.90 Å². The van der Waals surface area contributed by atoms with Gasteiger partial charge >= 0.3 is 12.5 Å². The lowest BCUT2D eigenvalue weighted by atomic mass is 9.82. The molecule has 0 aliphatic carbocycles. The highest BCUT2D eigenvalue weighted by atomic mass is 19.4. The van der Waals surface area contributed by atoms with Crippen molar-refractivity contribution < 1.29 is 32.3 Å². The minimum atomic E-state index is -4.73. The number of amides is 1. The molecule has 0 unspecified atom stereocenters. The lowest BCUT2D eigenvalue weighted by Crippen LogP contribution is -2.57. The Morgan fingerprint density at radius 3 is 2.14 bits per heavy atom. The minimum absolute atomic E-state index is 0.00269. The van der Waals surface area contributed by atoms with E-state index < -0.39 is 12.0 Å². The molecule has 2 fully saturated rings. The van der Waals surface area contributed by atoms with Gasteiger partial charge in [0.2, 0.25) is 0 Å². The number of nitrogens with zero attached hydrogens (tertiary/aromatic N) is 3. The number of hydrogen-bond acceptors (Lipinski definition) is 6. The Bertz CT molecular complexity index is 896. The summed E-state index contributed by atoms with van der Waals surface area (Å²) >= 11 is 0. The fraction of sp³-hybridized carbons (Fsp3) is 0.692. The van der Waals surface area contributed by atoms with Gasteiger partial charge in [0.25, 0.3) is 0 Å². The van der Waals surface area contributed by atoms with Gasteiger partial charge in [0.15, 0.2) is 0 Å². The monoisotopic (exact) mass is 513 g/mol. The second kappa shape index (κ2) is 11.3. The third-order valence-electron chi connectivity index (χ3n) is 6.81. The smallest absolute Gasteiger partial charge is 0.444 e. The third kappa shape index (κ3) is 7.75. The first-order valence-corrected chi connectivity index (χ1v) is 12.6. The van der Waals surface area contributed by atoms with Crippen LogP contribution in [0.15, 0.2) is 29.4 Å². The minimum Gasteiger partial charge on any atom is -0.444 e. The average molecular weight is 514 g/mol. The van der Waals surface area contributed by atoms with E-state index in [1.807, 2.05) is 27.7 Å². The summed E-state index contributed by atoms with van der Waals surface area (Å²) in [6, 6.07) is 5.80. The number of carbonyl (C=O) groups is 1.